The average molecular weight is 261 g/mol. The van der Waals surface area contributed by atoms with Crippen LogP contribution in [-0.2, 0) is 9.05 Å². The van der Waals surface area contributed by atoms with Crippen molar-refractivity contribution in [2.24, 2.45) is 0 Å². The van der Waals surface area contributed by atoms with E-state index in [9.17, 15) is 0 Å². The minimum atomic E-state index is -0.845. The van der Waals surface area contributed by atoms with Crippen LogP contribution in [0.5, 0.6) is 0 Å². The van der Waals surface area contributed by atoms with Crippen LogP contribution in [0.15, 0.2) is 0 Å². The van der Waals surface area contributed by atoms with Crippen molar-refractivity contribution < 1.29 is 9.05 Å². The monoisotopic (exact) mass is 261 g/mol. The molecule has 4 heteroatoms. The first kappa shape index (κ1) is 15.4. The molecular formula is C13H28NO2P. The molecule has 1 rings (SSSR count). The Morgan fingerprint density at radius 3 is 2.00 bits per heavy atom. The van der Waals surface area contributed by atoms with Crippen molar-refractivity contribution in [3.8, 4) is 0 Å². The molecule has 0 aromatic heterocycles. The van der Waals surface area contributed by atoms with Gasteiger partial charge in [-0.2, -0.15) is 0 Å². The highest BCUT2D eigenvalue weighted by Gasteiger charge is 2.20. The van der Waals surface area contributed by atoms with Crippen molar-refractivity contribution in [2.45, 2.75) is 71.3 Å². The molecule has 0 aliphatic heterocycles. The molecule has 1 fully saturated rings. The van der Waals surface area contributed by atoms with E-state index in [2.05, 4.69) is 18.9 Å². The Bertz CT molecular complexity index is 165. The summed E-state index contributed by atoms with van der Waals surface area (Å²) in [6.07, 6.45) is 9.89. The molecule has 102 valence electrons. The molecule has 0 unspecified atom stereocenters. The lowest BCUT2D eigenvalue weighted by molar-refractivity contribution is 0.232. The van der Waals surface area contributed by atoms with Gasteiger partial charge in [-0.15, -0.1) is 0 Å². The van der Waals surface area contributed by atoms with Gasteiger partial charge in [-0.25, -0.2) is 5.09 Å². The summed E-state index contributed by atoms with van der Waals surface area (Å²) in [7, 11) is -0.845. The molecule has 0 spiro atoms. The third kappa shape index (κ3) is 7.35. The average Bonchev–Trinajstić information content (AvgIpc) is 2.82. The van der Waals surface area contributed by atoms with Crippen molar-refractivity contribution >= 4 is 8.53 Å². The lowest BCUT2D eigenvalue weighted by atomic mass is 10.3. The molecule has 0 aromatic carbocycles. The second-order valence-electron chi connectivity index (χ2n) is 4.74. The SMILES string of the molecule is CCCCOP(NC1CCCC1)OCCCC. The largest absolute Gasteiger partial charge is 0.322 e. The first-order valence-electron chi connectivity index (χ1n) is 7.19. The predicted molar refractivity (Wildman–Crippen MR) is 74.0 cm³/mol. The minimum absolute atomic E-state index is 0.629. The predicted octanol–water partition coefficient (Wildman–Crippen LogP) is 4.38. The normalized spacial score (nSPS) is 17.1. The Balaban J connectivity index is 2.18. The summed E-state index contributed by atoms with van der Waals surface area (Å²) >= 11 is 0. The Morgan fingerprint density at radius 2 is 1.53 bits per heavy atom. The van der Waals surface area contributed by atoms with Crippen LogP contribution in [0, 0.1) is 0 Å². The summed E-state index contributed by atoms with van der Waals surface area (Å²) in [5.41, 5.74) is 0. The quantitative estimate of drug-likeness (QED) is 0.467. The van der Waals surface area contributed by atoms with Crippen LogP contribution in [0.2, 0.25) is 0 Å². The summed E-state index contributed by atoms with van der Waals surface area (Å²) in [4.78, 5) is 0. The maximum atomic E-state index is 5.82. The summed E-state index contributed by atoms with van der Waals surface area (Å²) < 4.78 is 11.6. The molecule has 0 atom stereocenters. The Kier molecular flexibility index (Phi) is 9.27. The molecule has 0 aromatic rings. The van der Waals surface area contributed by atoms with Gasteiger partial charge < -0.3 is 9.05 Å². The summed E-state index contributed by atoms with van der Waals surface area (Å²) in [5, 5.41) is 3.55. The van der Waals surface area contributed by atoms with Crippen molar-refractivity contribution in [3.63, 3.8) is 0 Å². The number of hydrogen-bond donors (Lipinski definition) is 1. The molecule has 1 aliphatic carbocycles. The second kappa shape index (κ2) is 10.3. The topological polar surface area (TPSA) is 30.5 Å². The van der Waals surface area contributed by atoms with Gasteiger partial charge >= 0.3 is 0 Å². The van der Waals surface area contributed by atoms with E-state index in [1.807, 2.05) is 0 Å². The van der Waals surface area contributed by atoms with Crippen LogP contribution in [0.1, 0.15) is 65.2 Å². The van der Waals surface area contributed by atoms with E-state index in [4.69, 9.17) is 9.05 Å². The molecule has 0 saturated heterocycles. The van der Waals surface area contributed by atoms with E-state index >= 15 is 0 Å². The molecule has 0 heterocycles. The van der Waals surface area contributed by atoms with Crippen LogP contribution in [0.4, 0.5) is 0 Å². The fraction of sp³-hybridized carbons (Fsp3) is 1.00. The fourth-order valence-corrected chi connectivity index (χ4v) is 3.27. The smallest absolute Gasteiger partial charge is 0.256 e. The fourth-order valence-electron chi connectivity index (χ4n) is 1.90. The van der Waals surface area contributed by atoms with Crippen molar-refractivity contribution in [2.75, 3.05) is 13.2 Å². The molecule has 0 amide bonds. The van der Waals surface area contributed by atoms with Gasteiger partial charge in [-0.1, -0.05) is 39.5 Å². The third-order valence-electron chi connectivity index (χ3n) is 3.06. The van der Waals surface area contributed by atoms with Crippen LogP contribution >= 0.6 is 8.53 Å². The molecule has 17 heavy (non-hydrogen) atoms. The second-order valence-corrected chi connectivity index (χ2v) is 6.03. The zero-order chi connectivity index (χ0) is 12.3. The number of rotatable bonds is 10. The highest BCUT2D eigenvalue weighted by atomic mass is 31.2. The Labute approximate surface area is 108 Å². The molecule has 1 N–H and O–H groups in total. The van der Waals surface area contributed by atoms with E-state index in [1.54, 1.807) is 0 Å². The lowest BCUT2D eigenvalue weighted by Gasteiger charge is -2.21. The maximum Gasteiger partial charge on any atom is 0.256 e. The molecule has 3 nitrogen and oxygen atoms in total. The van der Waals surface area contributed by atoms with Crippen LogP contribution < -0.4 is 5.09 Å². The molecular weight excluding hydrogens is 233 g/mol. The highest BCUT2D eigenvalue weighted by Crippen LogP contribution is 2.37. The first-order chi connectivity index (χ1) is 8.36. The molecule has 0 bridgehead atoms. The van der Waals surface area contributed by atoms with Crippen molar-refractivity contribution in [1.82, 2.24) is 5.09 Å². The van der Waals surface area contributed by atoms with Gasteiger partial charge in [-0.3, -0.25) is 0 Å². The summed E-state index contributed by atoms with van der Waals surface area (Å²) in [6, 6.07) is 0.629. The molecule has 1 saturated carbocycles. The van der Waals surface area contributed by atoms with E-state index in [0.29, 0.717) is 6.04 Å². The van der Waals surface area contributed by atoms with Gasteiger partial charge in [0.25, 0.3) is 8.53 Å². The Morgan fingerprint density at radius 1 is 1.00 bits per heavy atom. The standard InChI is InChI=1S/C13H28NO2P/c1-3-5-11-15-17(16-12-6-4-2)14-13-9-7-8-10-13/h13-14H,3-12H2,1-2H3. The van der Waals surface area contributed by atoms with Crippen molar-refractivity contribution in [3.05, 3.63) is 0 Å². The van der Waals surface area contributed by atoms with Gasteiger partial charge in [0, 0.05) is 6.04 Å². The van der Waals surface area contributed by atoms with Gasteiger partial charge in [0.1, 0.15) is 0 Å². The van der Waals surface area contributed by atoms with Crippen LogP contribution in [-0.4, -0.2) is 19.3 Å². The van der Waals surface area contributed by atoms with Gasteiger partial charge in [0.2, 0.25) is 0 Å². The van der Waals surface area contributed by atoms with E-state index in [1.165, 1.54) is 38.5 Å². The number of nitrogens with one attached hydrogen (secondary N) is 1. The van der Waals surface area contributed by atoms with Gasteiger partial charge in [0.05, 0.1) is 13.2 Å². The maximum absolute atomic E-state index is 5.82. The van der Waals surface area contributed by atoms with E-state index in [-0.39, 0.29) is 0 Å². The minimum Gasteiger partial charge on any atom is -0.322 e. The number of hydrogen-bond acceptors (Lipinski definition) is 3. The summed E-state index contributed by atoms with van der Waals surface area (Å²) in [6.45, 7) is 6.03. The van der Waals surface area contributed by atoms with Gasteiger partial charge in [-0.05, 0) is 25.7 Å². The Hall–Kier alpha value is 0.310. The van der Waals surface area contributed by atoms with E-state index in [0.717, 1.165) is 26.1 Å². The van der Waals surface area contributed by atoms with Crippen LogP contribution in [0.3, 0.4) is 0 Å². The van der Waals surface area contributed by atoms with Gasteiger partial charge in [0.15, 0.2) is 0 Å². The zero-order valence-corrected chi connectivity index (χ0v) is 12.3. The van der Waals surface area contributed by atoms with Crippen LogP contribution in [0.25, 0.3) is 0 Å². The molecule has 0 radical (unpaired) electrons. The summed E-state index contributed by atoms with van der Waals surface area (Å²) in [5.74, 6) is 0. The number of unbranched alkanes of at least 4 members (excludes halogenated alkanes) is 2. The van der Waals surface area contributed by atoms with E-state index < -0.39 is 8.53 Å². The highest BCUT2D eigenvalue weighted by molar-refractivity contribution is 7.45. The lowest BCUT2D eigenvalue weighted by Crippen LogP contribution is -2.23. The first-order valence-corrected chi connectivity index (χ1v) is 8.36. The third-order valence-corrected chi connectivity index (χ3v) is 4.47. The molecule has 1 aliphatic rings. The van der Waals surface area contributed by atoms with Crippen molar-refractivity contribution in [1.29, 1.82) is 0 Å². The zero-order valence-electron chi connectivity index (χ0n) is 11.4.